The van der Waals surface area contributed by atoms with Gasteiger partial charge in [-0.25, -0.2) is 9.48 Å². The van der Waals surface area contributed by atoms with E-state index in [-0.39, 0.29) is 17.6 Å². The maximum Gasteiger partial charge on any atom is 0.317 e. The molecular weight excluding hydrogens is 344 g/mol. The van der Waals surface area contributed by atoms with E-state index in [1.807, 2.05) is 4.90 Å². The standard InChI is InChI=1S/C20H30N4O3/c25-19-13-16-3-1-2-4-18(16)22-24(19)14-15-5-9-23(10-6-15)20(26)21-17-7-11-27-12-8-17/h13,15,17H,1-12,14H2,(H,21,26). The van der Waals surface area contributed by atoms with Crippen molar-refractivity contribution in [2.24, 2.45) is 5.92 Å². The Kier molecular flexibility index (Phi) is 5.76. The minimum Gasteiger partial charge on any atom is -0.381 e. The number of carbonyl (C=O) groups excluding carboxylic acids is 1. The number of ether oxygens (including phenoxy) is 1. The van der Waals surface area contributed by atoms with Crippen LogP contribution < -0.4 is 10.9 Å². The van der Waals surface area contributed by atoms with Gasteiger partial charge < -0.3 is 15.0 Å². The number of hydrogen-bond donors (Lipinski definition) is 1. The molecule has 2 amide bonds. The lowest BCUT2D eigenvalue weighted by Gasteiger charge is -2.34. The number of nitrogens with zero attached hydrogens (tertiary/aromatic N) is 3. The first-order valence-corrected chi connectivity index (χ1v) is 10.4. The van der Waals surface area contributed by atoms with E-state index in [9.17, 15) is 9.59 Å². The van der Waals surface area contributed by atoms with Gasteiger partial charge in [0.25, 0.3) is 5.56 Å². The third-order valence-electron chi connectivity index (χ3n) is 6.16. The Labute approximate surface area is 160 Å². The number of carbonyl (C=O) groups is 1. The first kappa shape index (κ1) is 18.5. The summed E-state index contributed by atoms with van der Waals surface area (Å²) in [5, 5.41) is 7.77. The number of aryl methyl sites for hydroxylation is 2. The van der Waals surface area contributed by atoms with Gasteiger partial charge in [0.1, 0.15) is 0 Å². The van der Waals surface area contributed by atoms with Crippen LogP contribution in [0.15, 0.2) is 10.9 Å². The number of aromatic nitrogens is 2. The van der Waals surface area contributed by atoms with Crippen LogP contribution >= 0.6 is 0 Å². The Balaban J connectivity index is 1.29. The second-order valence-electron chi connectivity index (χ2n) is 8.11. The highest BCUT2D eigenvalue weighted by Gasteiger charge is 2.26. The molecule has 0 bridgehead atoms. The molecule has 1 aliphatic carbocycles. The summed E-state index contributed by atoms with van der Waals surface area (Å²) in [6.07, 6.45) is 7.94. The van der Waals surface area contributed by atoms with Gasteiger partial charge in [0.15, 0.2) is 0 Å². The fraction of sp³-hybridized carbons (Fsp3) is 0.750. The van der Waals surface area contributed by atoms with Crippen molar-refractivity contribution in [3.63, 3.8) is 0 Å². The van der Waals surface area contributed by atoms with E-state index in [0.29, 0.717) is 12.5 Å². The zero-order valence-corrected chi connectivity index (χ0v) is 16.0. The molecule has 148 valence electrons. The minimum absolute atomic E-state index is 0.0235. The van der Waals surface area contributed by atoms with Crippen LogP contribution in [0, 0.1) is 5.92 Å². The number of hydrogen-bond acceptors (Lipinski definition) is 4. The Bertz CT molecular complexity index is 718. The molecule has 0 unspecified atom stereocenters. The van der Waals surface area contributed by atoms with Crippen LogP contribution in [0.5, 0.6) is 0 Å². The monoisotopic (exact) mass is 374 g/mol. The SMILES string of the molecule is O=C(NC1CCOCC1)N1CCC(Cn2nc3c(cc2=O)CCCC3)CC1. The molecule has 3 aliphatic rings. The highest BCUT2D eigenvalue weighted by Crippen LogP contribution is 2.21. The van der Waals surface area contributed by atoms with Crippen LogP contribution in [-0.2, 0) is 24.1 Å². The van der Waals surface area contributed by atoms with E-state index in [0.717, 1.165) is 82.5 Å². The van der Waals surface area contributed by atoms with Crippen molar-refractivity contribution in [2.75, 3.05) is 26.3 Å². The third-order valence-corrected chi connectivity index (χ3v) is 6.16. The van der Waals surface area contributed by atoms with Crippen LogP contribution in [0.2, 0.25) is 0 Å². The Morgan fingerprint density at radius 1 is 1.15 bits per heavy atom. The normalized spacial score (nSPS) is 21.7. The molecule has 0 aromatic carbocycles. The molecular formula is C20H30N4O3. The quantitative estimate of drug-likeness (QED) is 0.874. The van der Waals surface area contributed by atoms with Crippen molar-refractivity contribution in [1.82, 2.24) is 20.0 Å². The molecule has 2 aliphatic heterocycles. The summed E-state index contributed by atoms with van der Waals surface area (Å²) >= 11 is 0. The van der Waals surface area contributed by atoms with Crippen molar-refractivity contribution >= 4 is 6.03 Å². The van der Waals surface area contributed by atoms with E-state index in [4.69, 9.17) is 4.74 Å². The molecule has 2 saturated heterocycles. The average Bonchev–Trinajstić information content (AvgIpc) is 2.70. The summed E-state index contributed by atoms with van der Waals surface area (Å²) < 4.78 is 7.00. The molecule has 4 rings (SSSR count). The van der Waals surface area contributed by atoms with E-state index in [2.05, 4.69) is 10.4 Å². The predicted octanol–water partition coefficient (Wildman–Crippen LogP) is 1.72. The van der Waals surface area contributed by atoms with E-state index in [1.165, 1.54) is 6.42 Å². The van der Waals surface area contributed by atoms with E-state index >= 15 is 0 Å². The molecule has 27 heavy (non-hydrogen) atoms. The lowest BCUT2D eigenvalue weighted by Crippen LogP contribution is -2.49. The molecule has 3 heterocycles. The number of amides is 2. The van der Waals surface area contributed by atoms with Crippen LogP contribution in [0.3, 0.4) is 0 Å². The van der Waals surface area contributed by atoms with Gasteiger partial charge in [0.2, 0.25) is 0 Å². The minimum atomic E-state index is 0.0235. The summed E-state index contributed by atoms with van der Waals surface area (Å²) in [4.78, 5) is 26.7. The maximum atomic E-state index is 12.5. The highest BCUT2D eigenvalue weighted by atomic mass is 16.5. The van der Waals surface area contributed by atoms with E-state index < -0.39 is 0 Å². The largest absolute Gasteiger partial charge is 0.381 e. The lowest BCUT2D eigenvalue weighted by molar-refractivity contribution is 0.0769. The fourth-order valence-electron chi connectivity index (χ4n) is 4.40. The van der Waals surface area contributed by atoms with Crippen LogP contribution in [-0.4, -0.2) is 53.1 Å². The maximum absolute atomic E-state index is 12.5. The lowest BCUT2D eigenvalue weighted by atomic mass is 9.96. The predicted molar refractivity (Wildman–Crippen MR) is 102 cm³/mol. The average molecular weight is 374 g/mol. The number of piperidine rings is 1. The second-order valence-corrected chi connectivity index (χ2v) is 8.11. The summed E-state index contributed by atoms with van der Waals surface area (Å²) in [7, 11) is 0. The Morgan fingerprint density at radius 2 is 1.89 bits per heavy atom. The van der Waals surface area contributed by atoms with Crippen molar-refractivity contribution in [2.45, 2.75) is 64.0 Å². The number of nitrogens with one attached hydrogen (secondary N) is 1. The molecule has 1 aromatic rings. The van der Waals surface area contributed by atoms with Crippen molar-refractivity contribution in [3.8, 4) is 0 Å². The summed E-state index contributed by atoms with van der Waals surface area (Å²) in [5.74, 6) is 0.406. The topological polar surface area (TPSA) is 76.5 Å². The van der Waals surface area contributed by atoms with Crippen LogP contribution in [0.25, 0.3) is 0 Å². The smallest absolute Gasteiger partial charge is 0.317 e. The number of rotatable bonds is 3. The molecule has 0 atom stereocenters. The van der Waals surface area contributed by atoms with Gasteiger partial charge in [-0.15, -0.1) is 0 Å². The first-order chi connectivity index (χ1) is 13.2. The number of likely N-dealkylation sites (tertiary alicyclic amines) is 1. The van der Waals surface area contributed by atoms with Crippen LogP contribution in [0.1, 0.15) is 49.8 Å². The summed E-state index contributed by atoms with van der Waals surface area (Å²) in [6.45, 7) is 3.63. The van der Waals surface area contributed by atoms with Gasteiger partial charge in [0, 0.05) is 45.0 Å². The van der Waals surface area contributed by atoms with Crippen molar-refractivity contribution in [1.29, 1.82) is 0 Å². The van der Waals surface area contributed by atoms with E-state index in [1.54, 1.807) is 10.7 Å². The zero-order chi connectivity index (χ0) is 18.6. The van der Waals surface area contributed by atoms with Gasteiger partial charge >= 0.3 is 6.03 Å². The summed E-state index contributed by atoms with van der Waals surface area (Å²) in [5.41, 5.74) is 2.27. The Morgan fingerprint density at radius 3 is 2.67 bits per heavy atom. The van der Waals surface area contributed by atoms with Crippen molar-refractivity contribution < 1.29 is 9.53 Å². The Hall–Kier alpha value is -1.89. The van der Waals surface area contributed by atoms with Crippen molar-refractivity contribution in [3.05, 3.63) is 27.7 Å². The second kappa shape index (κ2) is 8.42. The van der Waals surface area contributed by atoms with Gasteiger partial charge in [0.05, 0.1) is 5.69 Å². The molecule has 0 saturated carbocycles. The molecule has 0 radical (unpaired) electrons. The van der Waals surface area contributed by atoms with Crippen LogP contribution in [0.4, 0.5) is 4.79 Å². The molecule has 1 aromatic heterocycles. The highest BCUT2D eigenvalue weighted by molar-refractivity contribution is 5.74. The van der Waals surface area contributed by atoms with Gasteiger partial charge in [-0.3, -0.25) is 4.79 Å². The molecule has 2 fully saturated rings. The molecule has 7 nitrogen and oxygen atoms in total. The molecule has 7 heteroatoms. The summed E-state index contributed by atoms with van der Waals surface area (Å²) in [6, 6.07) is 2.07. The number of fused-ring (bicyclic) bond motifs is 1. The molecule has 1 N–H and O–H groups in total. The first-order valence-electron chi connectivity index (χ1n) is 10.4. The van der Waals surface area contributed by atoms with Gasteiger partial charge in [-0.2, -0.15) is 5.10 Å². The van der Waals surface area contributed by atoms with Gasteiger partial charge in [-0.05, 0) is 62.8 Å². The molecule has 0 spiro atoms. The van der Waals surface area contributed by atoms with Gasteiger partial charge in [-0.1, -0.05) is 0 Å². The number of urea groups is 1. The third kappa shape index (κ3) is 4.51. The fourth-order valence-corrected chi connectivity index (χ4v) is 4.40. The zero-order valence-electron chi connectivity index (χ0n) is 16.0.